The van der Waals surface area contributed by atoms with Crippen LogP contribution in [0.5, 0.6) is 0 Å². The average molecular weight is 234 g/mol. The van der Waals surface area contributed by atoms with Crippen molar-refractivity contribution in [2.75, 3.05) is 6.61 Å². The topological polar surface area (TPSA) is 48.1 Å². The van der Waals surface area contributed by atoms with E-state index in [4.69, 9.17) is 10.5 Å². The van der Waals surface area contributed by atoms with Crippen LogP contribution in [0.2, 0.25) is 0 Å². The summed E-state index contributed by atoms with van der Waals surface area (Å²) < 4.78 is 5.72. The lowest BCUT2D eigenvalue weighted by Gasteiger charge is -2.23. The van der Waals surface area contributed by atoms with Crippen LogP contribution >= 0.6 is 0 Å². The molecule has 0 bridgehead atoms. The number of aromatic nitrogens is 1. The van der Waals surface area contributed by atoms with Crippen LogP contribution in [0, 0.1) is 6.92 Å². The monoisotopic (exact) mass is 234 g/mol. The van der Waals surface area contributed by atoms with Crippen LogP contribution in [0.25, 0.3) is 0 Å². The zero-order valence-corrected chi connectivity index (χ0v) is 10.6. The molecule has 0 radical (unpaired) electrons. The van der Waals surface area contributed by atoms with E-state index in [1.807, 2.05) is 19.3 Å². The van der Waals surface area contributed by atoms with Gasteiger partial charge in [0, 0.05) is 25.0 Å². The zero-order chi connectivity index (χ0) is 12.1. The van der Waals surface area contributed by atoms with Gasteiger partial charge in [-0.1, -0.05) is 6.07 Å². The van der Waals surface area contributed by atoms with Gasteiger partial charge in [0.15, 0.2) is 0 Å². The lowest BCUT2D eigenvalue weighted by molar-refractivity contribution is 0.00912. The predicted molar refractivity (Wildman–Crippen MR) is 68.7 cm³/mol. The summed E-state index contributed by atoms with van der Waals surface area (Å²) in [4.78, 5) is 4.19. The number of hydrogen-bond donors (Lipinski definition) is 1. The van der Waals surface area contributed by atoms with Crippen LogP contribution in [-0.4, -0.2) is 17.7 Å². The van der Waals surface area contributed by atoms with Gasteiger partial charge in [0.05, 0.1) is 6.10 Å². The Morgan fingerprint density at radius 2 is 2.35 bits per heavy atom. The van der Waals surface area contributed by atoms with Crippen molar-refractivity contribution in [2.45, 2.75) is 51.2 Å². The molecule has 1 aromatic rings. The number of pyridine rings is 1. The summed E-state index contributed by atoms with van der Waals surface area (Å²) in [7, 11) is 0. The number of ether oxygens (including phenoxy) is 1. The van der Waals surface area contributed by atoms with Gasteiger partial charge in [-0.3, -0.25) is 4.98 Å². The van der Waals surface area contributed by atoms with Gasteiger partial charge in [-0.2, -0.15) is 0 Å². The summed E-state index contributed by atoms with van der Waals surface area (Å²) in [5.74, 6) is 0. The van der Waals surface area contributed by atoms with Gasteiger partial charge < -0.3 is 10.5 Å². The highest BCUT2D eigenvalue weighted by Crippen LogP contribution is 2.22. The molecule has 2 heterocycles. The van der Waals surface area contributed by atoms with Crippen LogP contribution in [0.3, 0.4) is 0 Å². The lowest BCUT2D eigenvalue weighted by Crippen LogP contribution is -2.21. The highest BCUT2D eigenvalue weighted by atomic mass is 16.5. The van der Waals surface area contributed by atoms with E-state index in [0.717, 1.165) is 25.0 Å². The van der Waals surface area contributed by atoms with Crippen LogP contribution in [0.1, 0.15) is 49.3 Å². The van der Waals surface area contributed by atoms with Crippen molar-refractivity contribution in [1.82, 2.24) is 4.98 Å². The molecule has 0 amide bonds. The van der Waals surface area contributed by atoms with Crippen molar-refractivity contribution >= 4 is 0 Å². The average Bonchev–Trinajstić information content (AvgIpc) is 2.37. The molecule has 1 aromatic heterocycles. The normalized spacial score (nSPS) is 22.4. The summed E-state index contributed by atoms with van der Waals surface area (Å²) in [6, 6.07) is 2.22. The Bertz CT molecular complexity index is 348. The molecule has 1 aliphatic heterocycles. The number of aryl methyl sites for hydroxylation is 1. The number of rotatable bonds is 4. The molecular weight excluding hydrogens is 212 g/mol. The molecule has 2 atom stereocenters. The first-order chi connectivity index (χ1) is 8.25. The summed E-state index contributed by atoms with van der Waals surface area (Å²) in [6.07, 6.45) is 9.91. The fourth-order valence-electron chi connectivity index (χ4n) is 2.35. The SMILES string of the molecule is Cc1cncc(C(N)CCC2CCCCO2)c1. The summed E-state index contributed by atoms with van der Waals surface area (Å²) in [5, 5.41) is 0. The third-order valence-corrected chi connectivity index (χ3v) is 3.40. The third-order valence-electron chi connectivity index (χ3n) is 3.40. The second-order valence-corrected chi connectivity index (χ2v) is 4.97. The van der Waals surface area contributed by atoms with Gasteiger partial charge in [0.1, 0.15) is 0 Å². The first kappa shape index (κ1) is 12.5. The molecule has 1 aliphatic rings. The molecule has 1 saturated heterocycles. The molecule has 17 heavy (non-hydrogen) atoms. The van der Waals surface area contributed by atoms with Crippen LogP contribution in [0.15, 0.2) is 18.5 Å². The molecule has 94 valence electrons. The van der Waals surface area contributed by atoms with Gasteiger partial charge in [0.2, 0.25) is 0 Å². The van der Waals surface area contributed by atoms with Gasteiger partial charge in [-0.25, -0.2) is 0 Å². The Labute approximate surface area is 103 Å². The second-order valence-electron chi connectivity index (χ2n) is 4.97. The molecule has 0 aromatic carbocycles. The number of nitrogens with two attached hydrogens (primary N) is 1. The van der Waals surface area contributed by atoms with Crippen molar-refractivity contribution in [3.8, 4) is 0 Å². The fraction of sp³-hybridized carbons (Fsp3) is 0.643. The largest absolute Gasteiger partial charge is 0.378 e. The first-order valence-electron chi connectivity index (χ1n) is 6.54. The molecule has 0 spiro atoms. The van der Waals surface area contributed by atoms with E-state index in [-0.39, 0.29) is 6.04 Å². The van der Waals surface area contributed by atoms with Crippen molar-refractivity contribution in [3.63, 3.8) is 0 Å². The van der Waals surface area contributed by atoms with E-state index in [1.54, 1.807) is 0 Å². The van der Waals surface area contributed by atoms with E-state index >= 15 is 0 Å². The number of nitrogens with zero attached hydrogens (tertiary/aromatic N) is 1. The molecule has 0 saturated carbocycles. The summed E-state index contributed by atoms with van der Waals surface area (Å²) in [5.41, 5.74) is 8.50. The van der Waals surface area contributed by atoms with Crippen LogP contribution in [-0.2, 0) is 4.74 Å². The maximum atomic E-state index is 6.19. The molecule has 1 fully saturated rings. The smallest absolute Gasteiger partial charge is 0.0575 e. The van der Waals surface area contributed by atoms with Gasteiger partial charge >= 0.3 is 0 Å². The van der Waals surface area contributed by atoms with Gasteiger partial charge in [0.25, 0.3) is 0 Å². The minimum absolute atomic E-state index is 0.0907. The van der Waals surface area contributed by atoms with E-state index in [1.165, 1.54) is 24.8 Å². The van der Waals surface area contributed by atoms with Crippen molar-refractivity contribution < 1.29 is 4.74 Å². The first-order valence-corrected chi connectivity index (χ1v) is 6.54. The molecule has 3 heteroatoms. The van der Waals surface area contributed by atoms with Crippen LogP contribution in [0.4, 0.5) is 0 Å². The van der Waals surface area contributed by atoms with E-state index in [0.29, 0.717) is 6.10 Å². The van der Waals surface area contributed by atoms with E-state index in [9.17, 15) is 0 Å². The van der Waals surface area contributed by atoms with Gasteiger partial charge in [-0.05, 0) is 50.2 Å². The summed E-state index contributed by atoms with van der Waals surface area (Å²) in [6.45, 7) is 2.97. The minimum Gasteiger partial charge on any atom is -0.378 e. The Balaban J connectivity index is 1.82. The Morgan fingerprint density at radius 1 is 1.47 bits per heavy atom. The maximum Gasteiger partial charge on any atom is 0.0575 e. The maximum absolute atomic E-state index is 6.19. The van der Waals surface area contributed by atoms with Crippen LogP contribution < -0.4 is 5.73 Å². The minimum atomic E-state index is 0.0907. The van der Waals surface area contributed by atoms with E-state index in [2.05, 4.69) is 11.1 Å². The Kier molecular flexibility index (Phi) is 4.51. The highest BCUT2D eigenvalue weighted by Gasteiger charge is 2.15. The Hall–Kier alpha value is -0.930. The van der Waals surface area contributed by atoms with Crippen molar-refractivity contribution in [1.29, 1.82) is 0 Å². The van der Waals surface area contributed by atoms with Crippen molar-refractivity contribution in [2.24, 2.45) is 5.73 Å². The Morgan fingerprint density at radius 3 is 3.06 bits per heavy atom. The molecule has 2 N–H and O–H groups in total. The van der Waals surface area contributed by atoms with Gasteiger partial charge in [-0.15, -0.1) is 0 Å². The highest BCUT2D eigenvalue weighted by molar-refractivity contribution is 5.19. The lowest BCUT2D eigenvalue weighted by atomic mass is 9.98. The molecule has 0 aliphatic carbocycles. The molecule has 2 rings (SSSR count). The fourth-order valence-corrected chi connectivity index (χ4v) is 2.35. The van der Waals surface area contributed by atoms with Crippen molar-refractivity contribution in [3.05, 3.63) is 29.6 Å². The molecule has 3 nitrogen and oxygen atoms in total. The second kappa shape index (κ2) is 6.12. The number of hydrogen-bond acceptors (Lipinski definition) is 3. The molecule has 2 unspecified atom stereocenters. The molecular formula is C14H22N2O. The predicted octanol–water partition coefficient (Wildman–Crippen LogP) is 2.74. The van der Waals surface area contributed by atoms with E-state index < -0.39 is 0 Å². The third kappa shape index (κ3) is 3.79. The standard InChI is InChI=1S/C14H22N2O/c1-11-8-12(10-16-9-11)14(15)6-5-13-4-2-3-7-17-13/h8-10,13-14H,2-7,15H2,1H3. The quantitative estimate of drug-likeness (QED) is 0.871. The summed E-state index contributed by atoms with van der Waals surface area (Å²) >= 11 is 0. The zero-order valence-electron chi connectivity index (χ0n) is 10.6.